The van der Waals surface area contributed by atoms with Crippen LogP contribution < -0.4 is 0 Å². The van der Waals surface area contributed by atoms with Crippen molar-refractivity contribution in [3.63, 3.8) is 0 Å². The van der Waals surface area contributed by atoms with Crippen LogP contribution in [0.2, 0.25) is 0 Å². The molecule has 0 aromatic carbocycles. The maximum atomic E-state index is 12.2. The fraction of sp³-hybridized carbons (Fsp3) is 0.667. The predicted octanol–water partition coefficient (Wildman–Crippen LogP) is 4.07. The molecule has 1 unspecified atom stereocenters. The van der Waals surface area contributed by atoms with Crippen molar-refractivity contribution in [1.29, 1.82) is 0 Å². The summed E-state index contributed by atoms with van der Waals surface area (Å²) in [6.45, 7) is 0.911. The van der Waals surface area contributed by atoms with Gasteiger partial charge in [0.2, 0.25) is 0 Å². The van der Waals surface area contributed by atoms with Crippen molar-refractivity contribution in [2.24, 2.45) is 0 Å². The lowest BCUT2D eigenvalue weighted by molar-refractivity contribution is 0.0925. The Hall–Kier alpha value is -0.320. The third-order valence-corrected chi connectivity index (χ3v) is 6.14. The first-order chi connectivity index (χ1) is 9.33. The molecule has 3 heterocycles. The molecule has 0 aliphatic carbocycles. The zero-order valence-electron chi connectivity index (χ0n) is 11.2. The minimum atomic E-state index is 0.336. The highest BCUT2D eigenvalue weighted by atomic mass is 32.2. The maximum absolute atomic E-state index is 12.2. The van der Waals surface area contributed by atoms with Crippen LogP contribution in [0.1, 0.15) is 52.2 Å². The standard InChI is InChI=1S/C15H20O2S2/c16-13(5-1-3-12-4-2-7-17-12)15-9-11-10-18-8-6-14(11)19-15/h9,12H,1-8,10H2. The van der Waals surface area contributed by atoms with Gasteiger partial charge in [-0.1, -0.05) is 0 Å². The van der Waals surface area contributed by atoms with Gasteiger partial charge in [0.05, 0.1) is 11.0 Å². The maximum Gasteiger partial charge on any atom is 0.172 e. The molecule has 2 aliphatic rings. The Labute approximate surface area is 122 Å². The van der Waals surface area contributed by atoms with Crippen molar-refractivity contribution in [2.75, 3.05) is 12.4 Å². The van der Waals surface area contributed by atoms with Gasteiger partial charge in [-0.05, 0) is 49.5 Å². The molecule has 4 heteroatoms. The molecule has 0 bridgehead atoms. The smallest absolute Gasteiger partial charge is 0.172 e. The average Bonchev–Trinajstić information content (AvgIpc) is 3.07. The second kappa shape index (κ2) is 6.42. The molecular weight excluding hydrogens is 276 g/mol. The minimum absolute atomic E-state index is 0.336. The van der Waals surface area contributed by atoms with Crippen molar-refractivity contribution in [1.82, 2.24) is 0 Å². The Bertz CT molecular complexity index is 423. The van der Waals surface area contributed by atoms with Crippen LogP contribution in [0.15, 0.2) is 6.07 Å². The van der Waals surface area contributed by atoms with Crippen LogP contribution in [-0.2, 0) is 16.9 Å². The molecule has 0 amide bonds. The minimum Gasteiger partial charge on any atom is -0.378 e. The van der Waals surface area contributed by atoms with E-state index in [-0.39, 0.29) is 0 Å². The van der Waals surface area contributed by atoms with Gasteiger partial charge in [-0.3, -0.25) is 4.79 Å². The van der Waals surface area contributed by atoms with Crippen LogP contribution in [0.5, 0.6) is 0 Å². The number of ketones is 1. The van der Waals surface area contributed by atoms with Crippen LogP contribution >= 0.6 is 23.1 Å². The van der Waals surface area contributed by atoms with E-state index in [0.29, 0.717) is 18.3 Å². The van der Waals surface area contributed by atoms with E-state index < -0.39 is 0 Å². The van der Waals surface area contributed by atoms with Gasteiger partial charge in [-0.25, -0.2) is 0 Å². The molecule has 0 saturated carbocycles. The van der Waals surface area contributed by atoms with E-state index >= 15 is 0 Å². The van der Waals surface area contributed by atoms with Crippen molar-refractivity contribution < 1.29 is 9.53 Å². The number of hydrogen-bond donors (Lipinski definition) is 0. The lowest BCUT2D eigenvalue weighted by Crippen LogP contribution is -2.06. The van der Waals surface area contributed by atoms with Crippen LogP contribution in [0.3, 0.4) is 0 Å². The number of Topliss-reactive ketones (excluding diaryl/α,β-unsaturated/α-hetero) is 1. The van der Waals surface area contributed by atoms with E-state index in [0.717, 1.165) is 36.5 Å². The third-order valence-electron chi connectivity index (χ3n) is 3.86. The molecule has 2 aliphatic heterocycles. The first kappa shape index (κ1) is 13.7. The zero-order valence-corrected chi connectivity index (χ0v) is 12.8. The van der Waals surface area contributed by atoms with E-state index in [1.807, 2.05) is 11.8 Å². The Balaban J connectivity index is 1.50. The molecule has 1 aromatic rings. The molecule has 3 rings (SSSR count). The van der Waals surface area contributed by atoms with Gasteiger partial charge in [0.15, 0.2) is 5.78 Å². The molecule has 19 heavy (non-hydrogen) atoms. The van der Waals surface area contributed by atoms with Gasteiger partial charge in [-0.2, -0.15) is 11.8 Å². The topological polar surface area (TPSA) is 26.3 Å². The monoisotopic (exact) mass is 296 g/mol. The number of thiophene rings is 1. The zero-order chi connectivity index (χ0) is 13.1. The fourth-order valence-electron chi connectivity index (χ4n) is 2.77. The second-order valence-corrected chi connectivity index (χ2v) is 7.55. The average molecular weight is 296 g/mol. The molecule has 0 N–H and O–H groups in total. The van der Waals surface area contributed by atoms with E-state index in [1.165, 1.54) is 29.0 Å². The van der Waals surface area contributed by atoms with Crippen molar-refractivity contribution >= 4 is 28.9 Å². The fourth-order valence-corrected chi connectivity index (χ4v) is 5.11. The normalized spacial score (nSPS) is 22.4. The SMILES string of the molecule is O=C(CCCC1CCCO1)c1cc2c(s1)CCSC2. The van der Waals surface area contributed by atoms with Crippen molar-refractivity contribution in [2.45, 2.75) is 50.4 Å². The Kier molecular flexibility index (Phi) is 4.61. The highest BCUT2D eigenvalue weighted by molar-refractivity contribution is 7.98. The Morgan fingerprint density at radius 3 is 3.21 bits per heavy atom. The van der Waals surface area contributed by atoms with Gasteiger partial charge in [0, 0.05) is 23.7 Å². The summed E-state index contributed by atoms with van der Waals surface area (Å²) in [5.74, 6) is 2.64. The molecular formula is C15H20O2S2. The number of rotatable bonds is 5. The molecule has 2 nitrogen and oxygen atoms in total. The van der Waals surface area contributed by atoms with Crippen molar-refractivity contribution in [3.05, 3.63) is 21.4 Å². The highest BCUT2D eigenvalue weighted by Gasteiger charge is 2.19. The highest BCUT2D eigenvalue weighted by Crippen LogP contribution is 2.32. The summed E-state index contributed by atoms with van der Waals surface area (Å²) >= 11 is 3.71. The van der Waals surface area contributed by atoms with Crippen LogP contribution in [0.25, 0.3) is 0 Å². The lowest BCUT2D eigenvalue weighted by Gasteiger charge is -2.08. The molecule has 1 fully saturated rings. The molecule has 0 spiro atoms. The summed E-state index contributed by atoms with van der Waals surface area (Å²) in [4.78, 5) is 14.6. The Morgan fingerprint density at radius 2 is 2.42 bits per heavy atom. The van der Waals surface area contributed by atoms with Gasteiger partial charge >= 0.3 is 0 Å². The lowest BCUT2D eigenvalue weighted by atomic mass is 10.1. The van der Waals surface area contributed by atoms with Gasteiger partial charge in [-0.15, -0.1) is 11.3 Å². The summed E-state index contributed by atoms with van der Waals surface area (Å²) in [5, 5.41) is 0. The third kappa shape index (κ3) is 3.41. The van der Waals surface area contributed by atoms with E-state index in [1.54, 1.807) is 11.3 Å². The number of fused-ring (bicyclic) bond motifs is 1. The van der Waals surface area contributed by atoms with Gasteiger partial charge in [0.1, 0.15) is 0 Å². The van der Waals surface area contributed by atoms with E-state index in [4.69, 9.17) is 4.74 Å². The predicted molar refractivity (Wildman–Crippen MR) is 81.3 cm³/mol. The number of carbonyl (C=O) groups excluding carboxylic acids is 1. The summed E-state index contributed by atoms with van der Waals surface area (Å²) in [7, 11) is 0. The molecule has 104 valence electrons. The number of aryl methyl sites for hydroxylation is 1. The molecule has 1 atom stereocenters. The molecule has 1 aromatic heterocycles. The summed E-state index contributed by atoms with van der Waals surface area (Å²) in [6, 6.07) is 2.14. The number of ether oxygens (including phenoxy) is 1. The quantitative estimate of drug-likeness (QED) is 0.766. The van der Waals surface area contributed by atoms with Gasteiger partial charge < -0.3 is 4.74 Å². The summed E-state index contributed by atoms with van der Waals surface area (Å²) in [6.07, 6.45) is 6.64. The first-order valence-electron chi connectivity index (χ1n) is 7.17. The second-order valence-electron chi connectivity index (χ2n) is 5.31. The summed E-state index contributed by atoms with van der Waals surface area (Å²) in [5.41, 5.74) is 1.41. The van der Waals surface area contributed by atoms with Gasteiger partial charge in [0.25, 0.3) is 0 Å². The van der Waals surface area contributed by atoms with E-state index in [9.17, 15) is 4.79 Å². The number of hydrogen-bond acceptors (Lipinski definition) is 4. The van der Waals surface area contributed by atoms with Crippen LogP contribution in [0, 0.1) is 0 Å². The largest absolute Gasteiger partial charge is 0.378 e. The van der Waals surface area contributed by atoms with Crippen LogP contribution in [0.4, 0.5) is 0 Å². The Morgan fingerprint density at radius 1 is 1.47 bits per heavy atom. The van der Waals surface area contributed by atoms with E-state index in [2.05, 4.69) is 6.07 Å². The van der Waals surface area contributed by atoms with Crippen LogP contribution in [-0.4, -0.2) is 24.2 Å². The number of thioether (sulfide) groups is 1. The molecule has 0 radical (unpaired) electrons. The first-order valence-corrected chi connectivity index (χ1v) is 9.14. The van der Waals surface area contributed by atoms with Crippen molar-refractivity contribution in [3.8, 4) is 0 Å². The number of carbonyl (C=O) groups is 1. The summed E-state index contributed by atoms with van der Waals surface area (Å²) < 4.78 is 5.60. The molecule has 1 saturated heterocycles.